The van der Waals surface area contributed by atoms with Crippen molar-refractivity contribution in [1.82, 2.24) is 10.2 Å². The lowest BCUT2D eigenvalue weighted by molar-refractivity contribution is 0.0793. The van der Waals surface area contributed by atoms with Crippen LogP contribution in [0, 0.1) is 0 Å². The van der Waals surface area contributed by atoms with Crippen LogP contribution in [0.25, 0.3) is 0 Å². The molecule has 4 heteroatoms. The van der Waals surface area contributed by atoms with E-state index < -0.39 is 0 Å². The molecule has 0 heterocycles. The fourth-order valence-electron chi connectivity index (χ4n) is 1.57. The van der Waals surface area contributed by atoms with Gasteiger partial charge in [0.1, 0.15) is 5.75 Å². The molecule has 0 atom stereocenters. The first-order valence-corrected chi connectivity index (χ1v) is 5.73. The van der Waals surface area contributed by atoms with E-state index in [9.17, 15) is 4.79 Å². The van der Waals surface area contributed by atoms with E-state index in [-0.39, 0.29) is 5.91 Å². The minimum atomic E-state index is 0.0278. The van der Waals surface area contributed by atoms with Crippen molar-refractivity contribution < 1.29 is 9.53 Å². The molecule has 0 saturated heterocycles. The van der Waals surface area contributed by atoms with Crippen LogP contribution in [0.4, 0.5) is 0 Å². The average Bonchev–Trinajstić information content (AvgIpc) is 2.38. The van der Waals surface area contributed by atoms with Gasteiger partial charge < -0.3 is 15.0 Å². The molecule has 0 fully saturated rings. The highest BCUT2D eigenvalue weighted by molar-refractivity contribution is 5.94. The largest absolute Gasteiger partial charge is 0.497 e. The minimum absolute atomic E-state index is 0.0278. The number of carbonyl (C=O) groups excluding carboxylic acids is 1. The Labute approximate surface area is 103 Å². The Morgan fingerprint density at radius 1 is 1.47 bits per heavy atom. The first-order chi connectivity index (χ1) is 8.19. The summed E-state index contributed by atoms with van der Waals surface area (Å²) in [6.45, 7) is 1.66. The van der Waals surface area contributed by atoms with Crippen LogP contribution in [0.3, 0.4) is 0 Å². The van der Waals surface area contributed by atoms with E-state index >= 15 is 0 Å². The van der Waals surface area contributed by atoms with E-state index in [1.54, 1.807) is 24.1 Å². The molecule has 0 spiro atoms. The number of hydrogen-bond acceptors (Lipinski definition) is 3. The molecule has 17 heavy (non-hydrogen) atoms. The topological polar surface area (TPSA) is 41.6 Å². The summed E-state index contributed by atoms with van der Waals surface area (Å²) in [5, 5.41) is 3.06. The van der Waals surface area contributed by atoms with Gasteiger partial charge in [0, 0.05) is 19.2 Å². The maximum absolute atomic E-state index is 12.1. The Morgan fingerprint density at radius 3 is 2.88 bits per heavy atom. The van der Waals surface area contributed by atoms with Gasteiger partial charge in [0.15, 0.2) is 0 Å². The van der Waals surface area contributed by atoms with Crippen LogP contribution in [0.2, 0.25) is 0 Å². The van der Waals surface area contributed by atoms with E-state index in [1.165, 1.54) is 0 Å². The molecule has 1 aromatic carbocycles. The van der Waals surface area contributed by atoms with E-state index in [0.717, 1.165) is 19.5 Å². The molecular weight excluding hydrogens is 216 g/mol. The molecule has 0 bridgehead atoms. The molecule has 0 aliphatic rings. The number of rotatable bonds is 6. The third-order valence-electron chi connectivity index (χ3n) is 2.58. The Morgan fingerprint density at radius 2 is 2.24 bits per heavy atom. The zero-order valence-electron chi connectivity index (χ0n) is 10.7. The summed E-state index contributed by atoms with van der Waals surface area (Å²) in [4.78, 5) is 13.8. The van der Waals surface area contributed by atoms with E-state index in [1.807, 2.05) is 26.2 Å². The van der Waals surface area contributed by atoms with Gasteiger partial charge in [0.25, 0.3) is 5.91 Å². The van der Waals surface area contributed by atoms with Crippen LogP contribution in [0.5, 0.6) is 5.75 Å². The molecule has 0 aliphatic carbocycles. The van der Waals surface area contributed by atoms with Crippen LogP contribution in [0.15, 0.2) is 24.3 Å². The molecule has 4 nitrogen and oxygen atoms in total. The first-order valence-electron chi connectivity index (χ1n) is 5.73. The second-order valence-electron chi connectivity index (χ2n) is 3.92. The van der Waals surface area contributed by atoms with Crippen molar-refractivity contribution in [2.24, 2.45) is 0 Å². The summed E-state index contributed by atoms with van der Waals surface area (Å²) in [6.07, 6.45) is 0.947. The Kier molecular flexibility index (Phi) is 5.49. The Bertz CT molecular complexity index is 366. The SMILES string of the molecule is CNCCCN(C)C(=O)c1cccc(OC)c1. The number of benzene rings is 1. The standard InChI is InChI=1S/C13H20N2O2/c1-14-8-5-9-15(2)13(16)11-6-4-7-12(10-11)17-3/h4,6-7,10,14H,5,8-9H2,1-3H3. The maximum Gasteiger partial charge on any atom is 0.253 e. The lowest BCUT2D eigenvalue weighted by atomic mass is 10.2. The number of ether oxygens (including phenoxy) is 1. The molecule has 0 saturated carbocycles. The van der Waals surface area contributed by atoms with Crippen LogP contribution in [0.1, 0.15) is 16.8 Å². The number of nitrogens with zero attached hydrogens (tertiary/aromatic N) is 1. The minimum Gasteiger partial charge on any atom is -0.497 e. The Hall–Kier alpha value is -1.55. The smallest absolute Gasteiger partial charge is 0.253 e. The van der Waals surface area contributed by atoms with Crippen molar-refractivity contribution in [3.63, 3.8) is 0 Å². The van der Waals surface area contributed by atoms with Gasteiger partial charge in [-0.3, -0.25) is 4.79 Å². The summed E-state index contributed by atoms with van der Waals surface area (Å²) in [6, 6.07) is 7.22. The van der Waals surface area contributed by atoms with E-state index in [0.29, 0.717) is 11.3 Å². The zero-order valence-corrected chi connectivity index (χ0v) is 10.7. The third kappa shape index (κ3) is 4.07. The lowest BCUT2D eigenvalue weighted by Gasteiger charge is -2.17. The second-order valence-corrected chi connectivity index (χ2v) is 3.92. The number of nitrogens with one attached hydrogen (secondary N) is 1. The summed E-state index contributed by atoms with van der Waals surface area (Å²) in [5.74, 6) is 0.736. The molecule has 1 aromatic rings. The second kappa shape index (κ2) is 6.91. The van der Waals surface area contributed by atoms with Crippen molar-refractivity contribution >= 4 is 5.91 Å². The average molecular weight is 236 g/mol. The first kappa shape index (κ1) is 13.5. The third-order valence-corrected chi connectivity index (χ3v) is 2.58. The Balaban J connectivity index is 2.61. The number of carbonyl (C=O) groups is 1. The molecule has 1 N–H and O–H groups in total. The van der Waals surface area contributed by atoms with Crippen LogP contribution < -0.4 is 10.1 Å². The molecular formula is C13H20N2O2. The van der Waals surface area contributed by atoms with Crippen molar-refractivity contribution in [1.29, 1.82) is 0 Å². The number of methoxy groups -OCH3 is 1. The summed E-state index contributed by atoms with van der Waals surface area (Å²) in [7, 11) is 5.32. The van der Waals surface area contributed by atoms with Crippen molar-refractivity contribution in [3.05, 3.63) is 29.8 Å². The quantitative estimate of drug-likeness (QED) is 0.759. The summed E-state index contributed by atoms with van der Waals surface area (Å²) in [5.41, 5.74) is 0.663. The van der Waals surface area contributed by atoms with E-state index in [4.69, 9.17) is 4.74 Å². The highest BCUT2D eigenvalue weighted by Gasteiger charge is 2.11. The van der Waals surface area contributed by atoms with Crippen LogP contribution in [-0.2, 0) is 0 Å². The van der Waals surface area contributed by atoms with Gasteiger partial charge in [0.2, 0.25) is 0 Å². The van der Waals surface area contributed by atoms with Gasteiger partial charge >= 0.3 is 0 Å². The van der Waals surface area contributed by atoms with Crippen molar-refractivity contribution in [2.75, 3.05) is 34.3 Å². The number of hydrogen-bond donors (Lipinski definition) is 1. The van der Waals surface area contributed by atoms with Gasteiger partial charge in [-0.1, -0.05) is 6.07 Å². The van der Waals surface area contributed by atoms with Gasteiger partial charge in [-0.2, -0.15) is 0 Å². The van der Waals surface area contributed by atoms with Crippen molar-refractivity contribution in [2.45, 2.75) is 6.42 Å². The molecule has 1 rings (SSSR count). The predicted octanol–water partition coefficient (Wildman–Crippen LogP) is 1.38. The number of amides is 1. The normalized spacial score (nSPS) is 10.1. The van der Waals surface area contributed by atoms with Gasteiger partial charge in [0.05, 0.1) is 7.11 Å². The zero-order chi connectivity index (χ0) is 12.7. The lowest BCUT2D eigenvalue weighted by Crippen LogP contribution is -2.29. The van der Waals surface area contributed by atoms with Crippen molar-refractivity contribution in [3.8, 4) is 5.75 Å². The van der Waals surface area contributed by atoms with Gasteiger partial charge in [-0.15, -0.1) is 0 Å². The summed E-state index contributed by atoms with van der Waals surface area (Å²) >= 11 is 0. The molecule has 94 valence electrons. The predicted molar refractivity (Wildman–Crippen MR) is 68.5 cm³/mol. The molecule has 0 aliphatic heterocycles. The molecule has 1 amide bonds. The maximum atomic E-state index is 12.1. The highest BCUT2D eigenvalue weighted by atomic mass is 16.5. The van der Waals surface area contributed by atoms with E-state index in [2.05, 4.69) is 5.32 Å². The molecule has 0 unspecified atom stereocenters. The summed E-state index contributed by atoms with van der Waals surface area (Å²) < 4.78 is 5.10. The molecule has 0 radical (unpaired) electrons. The van der Waals surface area contributed by atoms with Crippen LogP contribution >= 0.6 is 0 Å². The molecule has 0 aromatic heterocycles. The van der Waals surface area contributed by atoms with Crippen LogP contribution in [-0.4, -0.2) is 45.1 Å². The fraction of sp³-hybridized carbons (Fsp3) is 0.462. The van der Waals surface area contributed by atoms with Gasteiger partial charge in [-0.05, 0) is 38.2 Å². The fourth-order valence-corrected chi connectivity index (χ4v) is 1.57. The van der Waals surface area contributed by atoms with Gasteiger partial charge in [-0.25, -0.2) is 0 Å². The highest BCUT2D eigenvalue weighted by Crippen LogP contribution is 2.13. The monoisotopic (exact) mass is 236 g/mol.